The standard InChI is InChI=1S/C17H20ClN3O2/c1-3-14-13(16(4-2)23-20-14)10-19-17(22)21-8-7-11-5-6-12(18)9-15(11)21/h5-6,9H,3-4,7-8,10H2,1-2H3,(H,19,22). The Balaban J connectivity index is 1.72. The van der Waals surface area contributed by atoms with E-state index < -0.39 is 0 Å². The van der Waals surface area contributed by atoms with E-state index >= 15 is 0 Å². The molecule has 0 fully saturated rings. The van der Waals surface area contributed by atoms with Crippen LogP contribution in [0.15, 0.2) is 22.7 Å². The molecule has 6 heteroatoms. The van der Waals surface area contributed by atoms with Gasteiger partial charge in [0.1, 0.15) is 5.76 Å². The highest BCUT2D eigenvalue weighted by Crippen LogP contribution is 2.30. The molecular weight excluding hydrogens is 314 g/mol. The van der Waals surface area contributed by atoms with Crippen LogP contribution >= 0.6 is 11.6 Å². The highest BCUT2D eigenvalue weighted by Gasteiger charge is 2.25. The van der Waals surface area contributed by atoms with Gasteiger partial charge in [0.15, 0.2) is 0 Å². The summed E-state index contributed by atoms with van der Waals surface area (Å²) < 4.78 is 5.33. The van der Waals surface area contributed by atoms with E-state index in [9.17, 15) is 4.79 Å². The van der Waals surface area contributed by atoms with Crippen LogP contribution in [0.3, 0.4) is 0 Å². The zero-order chi connectivity index (χ0) is 16.4. The van der Waals surface area contributed by atoms with Gasteiger partial charge in [0.05, 0.1) is 11.4 Å². The van der Waals surface area contributed by atoms with E-state index in [1.165, 1.54) is 0 Å². The third-order valence-corrected chi connectivity index (χ3v) is 4.45. The predicted molar refractivity (Wildman–Crippen MR) is 90.0 cm³/mol. The molecule has 2 amide bonds. The molecule has 1 aromatic heterocycles. The molecule has 1 N–H and O–H groups in total. The first-order valence-electron chi connectivity index (χ1n) is 7.94. The average Bonchev–Trinajstić information content (AvgIpc) is 3.15. The maximum absolute atomic E-state index is 12.5. The molecule has 0 saturated carbocycles. The van der Waals surface area contributed by atoms with E-state index in [1.54, 1.807) is 4.90 Å². The number of aromatic nitrogens is 1. The summed E-state index contributed by atoms with van der Waals surface area (Å²) in [5.41, 5.74) is 3.95. The summed E-state index contributed by atoms with van der Waals surface area (Å²) in [5, 5.41) is 7.69. The summed E-state index contributed by atoms with van der Waals surface area (Å²) in [6.45, 7) is 5.15. The summed E-state index contributed by atoms with van der Waals surface area (Å²) in [4.78, 5) is 14.3. The highest BCUT2D eigenvalue weighted by molar-refractivity contribution is 6.31. The number of benzene rings is 1. The van der Waals surface area contributed by atoms with Crippen LogP contribution < -0.4 is 10.2 Å². The van der Waals surface area contributed by atoms with Gasteiger partial charge in [-0.15, -0.1) is 0 Å². The van der Waals surface area contributed by atoms with Gasteiger partial charge in [0.25, 0.3) is 0 Å². The van der Waals surface area contributed by atoms with Gasteiger partial charge in [-0.25, -0.2) is 4.79 Å². The summed E-state index contributed by atoms with van der Waals surface area (Å²) in [7, 11) is 0. The number of hydrogen-bond acceptors (Lipinski definition) is 3. The van der Waals surface area contributed by atoms with Gasteiger partial charge in [0, 0.05) is 30.1 Å². The number of carbonyl (C=O) groups excluding carboxylic acids is 1. The van der Waals surface area contributed by atoms with Gasteiger partial charge in [-0.1, -0.05) is 36.7 Å². The number of urea groups is 1. The van der Waals surface area contributed by atoms with Gasteiger partial charge < -0.3 is 9.84 Å². The summed E-state index contributed by atoms with van der Waals surface area (Å²) in [6, 6.07) is 5.57. The molecule has 0 bridgehead atoms. The lowest BCUT2D eigenvalue weighted by molar-refractivity contribution is 0.246. The second kappa shape index (κ2) is 6.62. The fourth-order valence-electron chi connectivity index (χ4n) is 2.96. The number of rotatable bonds is 4. The Labute approximate surface area is 140 Å². The second-order valence-corrected chi connectivity index (χ2v) is 6.01. The third-order valence-electron chi connectivity index (χ3n) is 4.21. The van der Waals surface area contributed by atoms with Gasteiger partial charge in [-0.05, 0) is 30.5 Å². The van der Waals surface area contributed by atoms with Crippen LogP contribution in [-0.2, 0) is 25.8 Å². The largest absolute Gasteiger partial charge is 0.361 e. The minimum atomic E-state index is -0.115. The monoisotopic (exact) mass is 333 g/mol. The molecular formula is C17H20ClN3O2. The summed E-state index contributed by atoms with van der Waals surface area (Å²) in [5.74, 6) is 0.840. The predicted octanol–water partition coefficient (Wildman–Crippen LogP) is 3.73. The lowest BCUT2D eigenvalue weighted by Gasteiger charge is -2.18. The molecule has 0 atom stereocenters. The molecule has 0 aliphatic carbocycles. The number of fused-ring (bicyclic) bond motifs is 1. The SMILES string of the molecule is CCc1noc(CC)c1CNC(=O)N1CCc2ccc(Cl)cc21. The zero-order valence-electron chi connectivity index (χ0n) is 13.4. The number of carbonyl (C=O) groups is 1. The smallest absolute Gasteiger partial charge is 0.322 e. The average molecular weight is 334 g/mol. The number of amides is 2. The van der Waals surface area contributed by atoms with Crippen LogP contribution in [0, 0.1) is 0 Å². The molecule has 23 heavy (non-hydrogen) atoms. The molecule has 122 valence electrons. The Morgan fingerprint density at radius 1 is 1.39 bits per heavy atom. The number of hydrogen-bond donors (Lipinski definition) is 1. The molecule has 3 rings (SSSR count). The van der Waals surface area contributed by atoms with Gasteiger partial charge >= 0.3 is 6.03 Å². The van der Waals surface area contributed by atoms with Gasteiger partial charge in [-0.2, -0.15) is 0 Å². The molecule has 0 unspecified atom stereocenters. The van der Waals surface area contributed by atoms with Crippen molar-refractivity contribution in [3.8, 4) is 0 Å². The van der Waals surface area contributed by atoms with Crippen LogP contribution in [0.25, 0.3) is 0 Å². The second-order valence-electron chi connectivity index (χ2n) is 5.57. The molecule has 1 aliphatic heterocycles. The van der Waals surface area contributed by atoms with Crippen molar-refractivity contribution in [2.75, 3.05) is 11.4 Å². The summed E-state index contributed by atoms with van der Waals surface area (Å²) >= 11 is 6.05. The van der Waals surface area contributed by atoms with Crippen molar-refractivity contribution in [1.82, 2.24) is 10.5 Å². The molecule has 1 aliphatic rings. The van der Waals surface area contributed by atoms with E-state index in [-0.39, 0.29) is 6.03 Å². The quantitative estimate of drug-likeness (QED) is 0.927. The lowest BCUT2D eigenvalue weighted by atomic mass is 10.1. The van der Waals surface area contributed by atoms with E-state index in [1.807, 2.05) is 32.0 Å². The Morgan fingerprint density at radius 3 is 2.96 bits per heavy atom. The van der Waals surface area contributed by atoms with Crippen molar-refractivity contribution in [3.63, 3.8) is 0 Å². The highest BCUT2D eigenvalue weighted by atomic mass is 35.5. The van der Waals surface area contributed by atoms with Crippen LogP contribution in [0.2, 0.25) is 5.02 Å². The number of aryl methyl sites for hydroxylation is 2. The minimum Gasteiger partial charge on any atom is -0.361 e. The van der Waals surface area contributed by atoms with Gasteiger partial charge in [-0.3, -0.25) is 4.90 Å². The van der Waals surface area contributed by atoms with Crippen molar-refractivity contribution in [2.24, 2.45) is 0 Å². The first-order valence-corrected chi connectivity index (χ1v) is 8.31. The molecule has 1 aromatic carbocycles. The number of halogens is 1. The maximum atomic E-state index is 12.5. The molecule has 2 heterocycles. The minimum absolute atomic E-state index is 0.115. The molecule has 5 nitrogen and oxygen atoms in total. The maximum Gasteiger partial charge on any atom is 0.322 e. The summed E-state index contributed by atoms with van der Waals surface area (Å²) in [6.07, 6.45) is 2.41. The lowest BCUT2D eigenvalue weighted by Crippen LogP contribution is -2.38. The molecule has 0 radical (unpaired) electrons. The molecule has 0 spiro atoms. The Hall–Kier alpha value is -2.01. The third kappa shape index (κ3) is 3.06. The first-order chi connectivity index (χ1) is 11.1. The number of nitrogens with zero attached hydrogens (tertiary/aromatic N) is 2. The number of nitrogens with one attached hydrogen (secondary N) is 1. The number of anilines is 1. The van der Waals surface area contributed by atoms with E-state index in [2.05, 4.69) is 10.5 Å². The van der Waals surface area contributed by atoms with Crippen LogP contribution in [0.1, 0.15) is 36.4 Å². The van der Waals surface area contributed by atoms with Crippen molar-refractivity contribution in [2.45, 2.75) is 39.7 Å². The fourth-order valence-corrected chi connectivity index (χ4v) is 3.13. The van der Waals surface area contributed by atoms with E-state index in [0.29, 0.717) is 18.1 Å². The van der Waals surface area contributed by atoms with Crippen molar-refractivity contribution in [1.29, 1.82) is 0 Å². The van der Waals surface area contributed by atoms with Crippen molar-refractivity contribution < 1.29 is 9.32 Å². The molecule has 2 aromatic rings. The van der Waals surface area contributed by atoms with Crippen LogP contribution in [0.4, 0.5) is 10.5 Å². The van der Waals surface area contributed by atoms with Gasteiger partial charge in [0.2, 0.25) is 0 Å². The van der Waals surface area contributed by atoms with Crippen molar-refractivity contribution >= 4 is 23.3 Å². The zero-order valence-corrected chi connectivity index (χ0v) is 14.1. The van der Waals surface area contributed by atoms with E-state index in [4.69, 9.17) is 16.1 Å². The Bertz CT molecular complexity index is 705. The molecule has 0 saturated heterocycles. The van der Waals surface area contributed by atoms with Crippen LogP contribution in [-0.4, -0.2) is 17.7 Å². The van der Waals surface area contributed by atoms with Crippen molar-refractivity contribution in [3.05, 3.63) is 45.8 Å². The van der Waals surface area contributed by atoms with E-state index in [0.717, 1.165) is 47.5 Å². The first kappa shape index (κ1) is 15.9. The Kier molecular flexibility index (Phi) is 4.57. The normalized spacial score (nSPS) is 13.3. The topological polar surface area (TPSA) is 58.4 Å². The van der Waals surface area contributed by atoms with Crippen LogP contribution in [0.5, 0.6) is 0 Å². The fraction of sp³-hybridized carbons (Fsp3) is 0.412. The Morgan fingerprint density at radius 2 is 2.22 bits per heavy atom.